The number of carbonyl (C=O) groups excluding carboxylic acids is 3. The molecule has 3 aromatic rings. The number of likely N-dealkylation sites (N-methyl/N-ethyl adjacent to an activating group) is 1. The molecule has 0 bridgehead atoms. The molecule has 0 fully saturated rings. The minimum Gasteiger partial charge on any atom is -0.320 e. The van der Waals surface area contributed by atoms with E-state index in [1.807, 2.05) is 6.07 Å². The van der Waals surface area contributed by atoms with Gasteiger partial charge >= 0.3 is 0 Å². The van der Waals surface area contributed by atoms with Gasteiger partial charge in [0.1, 0.15) is 17.7 Å². The molecule has 3 aromatic carbocycles. The van der Waals surface area contributed by atoms with Gasteiger partial charge in [-0.1, -0.05) is 41.9 Å². The van der Waals surface area contributed by atoms with Crippen molar-refractivity contribution in [2.24, 2.45) is 5.73 Å². The highest BCUT2D eigenvalue weighted by Gasteiger charge is 2.45. The molecule has 0 radical (unpaired) electrons. The van der Waals surface area contributed by atoms with E-state index in [2.05, 4.69) is 0 Å². The van der Waals surface area contributed by atoms with Crippen LogP contribution in [-0.4, -0.2) is 41.8 Å². The predicted molar refractivity (Wildman–Crippen MR) is 139 cm³/mol. The van der Waals surface area contributed by atoms with Crippen LogP contribution in [0.2, 0.25) is 5.02 Å². The minimum absolute atomic E-state index is 0.0263. The van der Waals surface area contributed by atoms with Gasteiger partial charge in [-0.05, 0) is 48.4 Å². The van der Waals surface area contributed by atoms with Gasteiger partial charge in [-0.15, -0.1) is 11.8 Å². The lowest BCUT2D eigenvalue weighted by Crippen LogP contribution is -2.58. The Bertz CT molecular complexity index is 1340. The fourth-order valence-electron chi connectivity index (χ4n) is 4.25. The van der Waals surface area contributed by atoms with Crippen LogP contribution in [0.3, 0.4) is 0 Å². The van der Waals surface area contributed by atoms with Crippen LogP contribution in [0.5, 0.6) is 0 Å². The Hall–Kier alpha value is -3.27. The fraction of sp³-hybridized carbons (Fsp3) is 0.222. The maximum atomic E-state index is 14.0. The van der Waals surface area contributed by atoms with Gasteiger partial charge in [-0.25, -0.2) is 8.78 Å². The molecule has 6 nitrogen and oxygen atoms in total. The number of nitrogens with two attached hydrogens (primary N) is 1. The maximum Gasteiger partial charge on any atom is 0.251 e. The van der Waals surface area contributed by atoms with Crippen LogP contribution in [0, 0.1) is 11.6 Å². The van der Waals surface area contributed by atoms with Gasteiger partial charge in [0.05, 0.1) is 23.4 Å². The topological polar surface area (TPSA) is 83.7 Å². The molecule has 0 saturated carbocycles. The summed E-state index contributed by atoms with van der Waals surface area (Å²) >= 11 is 7.52. The molecule has 0 saturated heterocycles. The molecule has 0 unspecified atom stereocenters. The molecular formula is C27H24ClF2N3O3S. The Morgan fingerprint density at radius 1 is 1.08 bits per heavy atom. The van der Waals surface area contributed by atoms with Gasteiger partial charge in [0, 0.05) is 23.0 Å². The van der Waals surface area contributed by atoms with Gasteiger partial charge in [0.25, 0.3) is 5.91 Å². The Morgan fingerprint density at radius 3 is 2.35 bits per heavy atom. The Morgan fingerprint density at radius 2 is 1.73 bits per heavy atom. The van der Waals surface area contributed by atoms with E-state index in [1.165, 1.54) is 23.6 Å². The molecule has 1 heterocycles. The summed E-state index contributed by atoms with van der Waals surface area (Å²) in [6.45, 7) is 1.41. The first-order valence-corrected chi connectivity index (χ1v) is 12.7. The van der Waals surface area contributed by atoms with Crippen molar-refractivity contribution in [1.29, 1.82) is 0 Å². The zero-order valence-electron chi connectivity index (χ0n) is 20.0. The van der Waals surface area contributed by atoms with E-state index in [0.29, 0.717) is 22.3 Å². The molecule has 192 valence electrons. The summed E-state index contributed by atoms with van der Waals surface area (Å²) in [5.74, 6) is -3.83. The van der Waals surface area contributed by atoms with E-state index in [0.717, 1.165) is 21.9 Å². The van der Waals surface area contributed by atoms with Crippen molar-refractivity contribution in [2.75, 3.05) is 11.9 Å². The molecule has 3 amide bonds. The molecular weight excluding hydrogens is 520 g/mol. The van der Waals surface area contributed by atoms with Gasteiger partial charge in [-0.3, -0.25) is 19.3 Å². The second kappa shape index (κ2) is 11.0. The first-order valence-electron chi connectivity index (χ1n) is 11.4. The lowest BCUT2D eigenvalue weighted by atomic mass is 10.00. The summed E-state index contributed by atoms with van der Waals surface area (Å²) in [5.41, 5.74) is 7.17. The summed E-state index contributed by atoms with van der Waals surface area (Å²) in [6.07, 6.45) is -0.508. The largest absolute Gasteiger partial charge is 0.320 e. The van der Waals surface area contributed by atoms with Crippen LogP contribution >= 0.6 is 23.4 Å². The van der Waals surface area contributed by atoms with E-state index in [4.69, 9.17) is 17.3 Å². The number of amides is 3. The van der Waals surface area contributed by atoms with Crippen LogP contribution in [0.15, 0.2) is 71.6 Å². The average Bonchev–Trinajstić information content (AvgIpc) is 2.94. The van der Waals surface area contributed by atoms with Crippen molar-refractivity contribution in [3.63, 3.8) is 0 Å². The fourth-order valence-corrected chi connectivity index (χ4v) is 5.81. The van der Waals surface area contributed by atoms with Gasteiger partial charge < -0.3 is 10.6 Å². The number of hydrogen-bond donors (Lipinski definition) is 1. The quantitative estimate of drug-likeness (QED) is 0.502. The molecule has 1 aliphatic rings. The average molecular weight is 544 g/mol. The molecule has 0 aromatic heterocycles. The van der Waals surface area contributed by atoms with Crippen LogP contribution in [0.1, 0.15) is 23.3 Å². The number of halogens is 3. The summed E-state index contributed by atoms with van der Waals surface area (Å²) < 4.78 is 27.7. The Kier molecular flexibility index (Phi) is 7.96. The van der Waals surface area contributed by atoms with Crippen molar-refractivity contribution >= 4 is 46.8 Å². The van der Waals surface area contributed by atoms with Crippen LogP contribution < -0.4 is 10.6 Å². The molecule has 1 aliphatic heterocycles. The second-order valence-corrected chi connectivity index (χ2v) is 10.4. The third-order valence-electron chi connectivity index (χ3n) is 5.99. The number of carbonyl (C=O) groups is 3. The van der Waals surface area contributed by atoms with Crippen molar-refractivity contribution in [3.8, 4) is 0 Å². The van der Waals surface area contributed by atoms with Crippen LogP contribution in [-0.2, 0) is 20.8 Å². The smallest absolute Gasteiger partial charge is 0.251 e. The van der Waals surface area contributed by atoms with E-state index in [9.17, 15) is 23.2 Å². The van der Waals surface area contributed by atoms with E-state index in [-0.39, 0.29) is 5.56 Å². The number of nitrogens with zero attached hydrogens (tertiary/aromatic N) is 2. The molecule has 2 N–H and O–H groups in total. The molecule has 3 atom stereocenters. The zero-order valence-corrected chi connectivity index (χ0v) is 21.6. The number of rotatable bonds is 5. The summed E-state index contributed by atoms with van der Waals surface area (Å²) in [5, 5.41) is -0.282. The molecule has 4 rings (SSSR count). The zero-order chi connectivity index (χ0) is 26.9. The summed E-state index contributed by atoms with van der Waals surface area (Å²) in [4.78, 5) is 44.0. The normalized spacial score (nSPS) is 18.1. The van der Waals surface area contributed by atoms with Crippen molar-refractivity contribution in [3.05, 3.63) is 94.5 Å². The van der Waals surface area contributed by atoms with Crippen LogP contribution in [0.25, 0.3) is 0 Å². The number of thioether (sulfide) groups is 1. The number of imide groups is 1. The first kappa shape index (κ1) is 26.8. The summed E-state index contributed by atoms with van der Waals surface area (Å²) in [6, 6.07) is 14.4. The molecule has 10 heteroatoms. The third kappa shape index (κ3) is 5.69. The molecule has 0 spiro atoms. The molecule has 37 heavy (non-hydrogen) atoms. The standard InChI is InChI=1S/C27H24ClF2N3O3S/c1-15(31)26(35)33(23(34)12-16-10-19(29)14-20(30)11-16)24-25(17-6-4-3-5-7-17)37-22-9-8-18(28)13-21(22)32(2)27(24)36/h3-11,13-15,24-25H,12,31H2,1-2H3/t15-,24-,25+/m0/s1. The van der Waals surface area contributed by atoms with Crippen LogP contribution in [0.4, 0.5) is 14.5 Å². The third-order valence-corrected chi connectivity index (χ3v) is 7.60. The Balaban J connectivity index is 1.86. The predicted octanol–water partition coefficient (Wildman–Crippen LogP) is 4.74. The molecule has 0 aliphatic carbocycles. The SMILES string of the molecule is C[C@H](N)C(=O)N(C(=O)Cc1cc(F)cc(F)c1)[C@@H]1C(=O)N(C)c2cc(Cl)ccc2S[C@@H]1c1ccccc1. The van der Waals surface area contributed by atoms with Crippen molar-refractivity contribution in [1.82, 2.24) is 4.90 Å². The lowest BCUT2D eigenvalue weighted by Gasteiger charge is -2.35. The van der Waals surface area contributed by atoms with Crippen molar-refractivity contribution in [2.45, 2.75) is 35.6 Å². The maximum absolute atomic E-state index is 14.0. The van der Waals surface area contributed by atoms with Gasteiger partial charge in [-0.2, -0.15) is 0 Å². The lowest BCUT2D eigenvalue weighted by molar-refractivity contribution is -0.151. The van der Waals surface area contributed by atoms with Gasteiger partial charge in [0.2, 0.25) is 11.8 Å². The minimum atomic E-state index is -1.30. The monoisotopic (exact) mass is 543 g/mol. The van der Waals surface area contributed by atoms with Gasteiger partial charge in [0.15, 0.2) is 0 Å². The highest BCUT2D eigenvalue weighted by atomic mass is 35.5. The number of hydrogen-bond acceptors (Lipinski definition) is 5. The van der Waals surface area contributed by atoms with E-state index < -0.39 is 53.1 Å². The highest BCUT2D eigenvalue weighted by Crippen LogP contribution is 2.47. The Labute approximate surface area is 222 Å². The van der Waals surface area contributed by atoms with E-state index in [1.54, 1.807) is 49.5 Å². The van der Waals surface area contributed by atoms with E-state index >= 15 is 0 Å². The number of anilines is 1. The summed E-state index contributed by atoms with van der Waals surface area (Å²) in [7, 11) is 1.54. The highest BCUT2D eigenvalue weighted by molar-refractivity contribution is 7.99. The number of benzene rings is 3. The first-order chi connectivity index (χ1) is 17.6. The second-order valence-electron chi connectivity index (χ2n) is 8.75. The number of fused-ring (bicyclic) bond motifs is 1. The van der Waals surface area contributed by atoms with Crippen molar-refractivity contribution < 1.29 is 23.2 Å².